The molecule has 132 valence electrons. The molecule has 3 rings (SSSR count). The van der Waals surface area contributed by atoms with Gasteiger partial charge in [-0.2, -0.15) is 0 Å². The molecular weight excluding hydrogens is 365 g/mol. The normalized spacial score (nSPS) is 23.4. The zero-order valence-electron chi connectivity index (χ0n) is 13.5. The Morgan fingerprint density at radius 1 is 1.40 bits per heavy atom. The Bertz CT molecular complexity index is 737. The summed E-state index contributed by atoms with van der Waals surface area (Å²) in [6, 6.07) is -0.866. The molecule has 9 heteroatoms. The average molecular weight is 382 g/mol. The smallest absolute Gasteiger partial charge is 0.325 e. The Labute approximate surface area is 155 Å². The van der Waals surface area contributed by atoms with Gasteiger partial charge < -0.3 is 10.2 Å². The van der Waals surface area contributed by atoms with E-state index in [-0.39, 0.29) is 23.9 Å². The first-order valence-electron chi connectivity index (χ1n) is 7.74. The van der Waals surface area contributed by atoms with E-state index in [0.717, 1.165) is 5.57 Å². The van der Waals surface area contributed by atoms with Crippen molar-refractivity contribution >= 4 is 40.8 Å². The minimum Gasteiger partial charge on any atom is -0.350 e. The molecular formula is C16H17Cl2N5O2. The van der Waals surface area contributed by atoms with Gasteiger partial charge in [0, 0.05) is 25.0 Å². The number of halogens is 2. The highest BCUT2D eigenvalue weighted by Gasteiger charge is 2.39. The molecule has 1 aliphatic carbocycles. The van der Waals surface area contributed by atoms with Crippen molar-refractivity contribution in [1.82, 2.24) is 20.2 Å². The van der Waals surface area contributed by atoms with Gasteiger partial charge in [-0.25, -0.2) is 14.8 Å². The number of aromatic nitrogens is 2. The number of hydrogen-bond donors (Lipinski definition) is 1. The SMILES string of the molecule is CN1C(=O)N(c2cncnc2)CC1C(=O)NCC1=C(Cl)CC(Cl)C=C1. The number of carbonyl (C=O) groups excluding carboxylic acids is 2. The van der Waals surface area contributed by atoms with Crippen molar-refractivity contribution in [2.75, 3.05) is 25.0 Å². The number of rotatable bonds is 4. The number of carbonyl (C=O) groups is 2. The van der Waals surface area contributed by atoms with Gasteiger partial charge >= 0.3 is 6.03 Å². The topological polar surface area (TPSA) is 78.4 Å². The quantitative estimate of drug-likeness (QED) is 0.807. The van der Waals surface area contributed by atoms with Crippen LogP contribution in [0.3, 0.4) is 0 Å². The molecule has 2 heterocycles. The van der Waals surface area contributed by atoms with Gasteiger partial charge in [-0.05, 0) is 5.57 Å². The van der Waals surface area contributed by atoms with Crippen LogP contribution in [-0.2, 0) is 4.79 Å². The van der Waals surface area contributed by atoms with Gasteiger partial charge in [-0.1, -0.05) is 23.8 Å². The summed E-state index contributed by atoms with van der Waals surface area (Å²) in [5, 5.41) is 3.36. The van der Waals surface area contributed by atoms with Crippen LogP contribution in [0.4, 0.5) is 10.5 Å². The third-order valence-electron chi connectivity index (χ3n) is 4.20. The van der Waals surface area contributed by atoms with E-state index in [1.54, 1.807) is 19.4 Å². The van der Waals surface area contributed by atoms with E-state index < -0.39 is 6.04 Å². The molecule has 1 N–H and O–H groups in total. The van der Waals surface area contributed by atoms with Gasteiger partial charge in [0.25, 0.3) is 0 Å². The van der Waals surface area contributed by atoms with Crippen LogP contribution in [0.2, 0.25) is 0 Å². The summed E-state index contributed by atoms with van der Waals surface area (Å²) in [6.45, 7) is 0.533. The number of anilines is 1. The van der Waals surface area contributed by atoms with Crippen LogP contribution >= 0.6 is 23.2 Å². The van der Waals surface area contributed by atoms with E-state index in [4.69, 9.17) is 23.2 Å². The van der Waals surface area contributed by atoms with Gasteiger partial charge in [-0.15, -0.1) is 11.6 Å². The highest BCUT2D eigenvalue weighted by molar-refractivity contribution is 6.31. The molecule has 2 atom stereocenters. The number of hydrogen-bond acceptors (Lipinski definition) is 4. The summed E-state index contributed by atoms with van der Waals surface area (Å²) in [5.74, 6) is -0.242. The molecule has 1 aromatic heterocycles. The summed E-state index contributed by atoms with van der Waals surface area (Å²) in [5.41, 5.74) is 1.39. The molecule has 7 nitrogen and oxygen atoms in total. The van der Waals surface area contributed by atoms with E-state index in [0.29, 0.717) is 23.7 Å². The van der Waals surface area contributed by atoms with E-state index in [1.165, 1.54) is 16.1 Å². The lowest BCUT2D eigenvalue weighted by Crippen LogP contribution is -2.44. The van der Waals surface area contributed by atoms with Crippen molar-refractivity contribution in [2.24, 2.45) is 0 Å². The first kappa shape index (κ1) is 17.7. The Hall–Kier alpha value is -2.12. The van der Waals surface area contributed by atoms with E-state index in [1.807, 2.05) is 12.2 Å². The number of likely N-dealkylation sites (N-methyl/N-ethyl adjacent to an activating group) is 1. The fourth-order valence-corrected chi connectivity index (χ4v) is 3.34. The standard InChI is InChI=1S/C16H17Cl2N5O2/c1-22-14(8-23(16(22)25)12-6-19-9-20-7-12)15(24)21-5-10-2-3-11(17)4-13(10)18/h2-3,6-7,9,11,14H,4-5,8H2,1H3,(H,21,24). The maximum Gasteiger partial charge on any atom is 0.325 e. The summed E-state index contributed by atoms with van der Waals surface area (Å²) < 4.78 is 0. The lowest BCUT2D eigenvalue weighted by molar-refractivity contribution is -0.124. The molecule has 0 aromatic carbocycles. The molecule has 1 saturated heterocycles. The van der Waals surface area contributed by atoms with Crippen molar-refractivity contribution in [2.45, 2.75) is 17.8 Å². The maximum absolute atomic E-state index is 12.5. The lowest BCUT2D eigenvalue weighted by Gasteiger charge is -2.19. The fourth-order valence-electron chi connectivity index (χ4n) is 2.74. The van der Waals surface area contributed by atoms with Crippen LogP contribution in [-0.4, -0.2) is 58.4 Å². The van der Waals surface area contributed by atoms with Crippen LogP contribution in [0.1, 0.15) is 6.42 Å². The van der Waals surface area contributed by atoms with Crippen molar-refractivity contribution in [3.05, 3.63) is 41.5 Å². The van der Waals surface area contributed by atoms with Crippen molar-refractivity contribution in [3.63, 3.8) is 0 Å². The minimum atomic E-state index is -0.597. The van der Waals surface area contributed by atoms with Gasteiger partial charge in [0.1, 0.15) is 12.4 Å². The van der Waals surface area contributed by atoms with Gasteiger partial charge in [0.2, 0.25) is 5.91 Å². The molecule has 0 bridgehead atoms. The van der Waals surface area contributed by atoms with Crippen molar-refractivity contribution in [3.8, 4) is 0 Å². The molecule has 2 aliphatic rings. The molecule has 3 amide bonds. The van der Waals surface area contributed by atoms with Gasteiger partial charge in [0.15, 0.2) is 0 Å². The number of alkyl halides is 1. The third-order valence-corrected chi connectivity index (χ3v) is 4.90. The number of nitrogens with one attached hydrogen (secondary N) is 1. The predicted octanol–water partition coefficient (Wildman–Crippen LogP) is 1.89. The zero-order valence-corrected chi connectivity index (χ0v) is 15.0. The van der Waals surface area contributed by atoms with Crippen LogP contribution in [0.15, 0.2) is 41.5 Å². The van der Waals surface area contributed by atoms with Crippen LogP contribution in [0.25, 0.3) is 0 Å². The van der Waals surface area contributed by atoms with Crippen LogP contribution in [0.5, 0.6) is 0 Å². The summed E-state index contributed by atoms with van der Waals surface area (Å²) in [7, 11) is 1.60. The predicted molar refractivity (Wildman–Crippen MR) is 95.6 cm³/mol. The van der Waals surface area contributed by atoms with Gasteiger partial charge in [-0.3, -0.25) is 9.69 Å². The molecule has 2 unspecified atom stereocenters. The maximum atomic E-state index is 12.5. The lowest BCUT2D eigenvalue weighted by atomic mass is 10.1. The monoisotopic (exact) mass is 381 g/mol. The van der Waals surface area contributed by atoms with Crippen molar-refractivity contribution in [1.29, 1.82) is 0 Å². The van der Waals surface area contributed by atoms with Gasteiger partial charge in [0.05, 0.1) is 30.0 Å². The second kappa shape index (κ2) is 7.41. The largest absolute Gasteiger partial charge is 0.350 e. The average Bonchev–Trinajstić information content (AvgIpc) is 2.90. The van der Waals surface area contributed by atoms with E-state index in [9.17, 15) is 9.59 Å². The molecule has 1 fully saturated rings. The highest BCUT2D eigenvalue weighted by Crippen LogP contribution is 2.25. The van der Waals surface area contributed by atoms with E-state index in [2.05, 4.69) is 15.3 Å². The molecule has 0 saturated carbocycles. The first-order valence-corrected chi connectivity index (χ1v) is 8.55. The second-order valence-corrected chi connectivity index (χ2v) is 6.86. The second-order valence-electron chi connectivity index (χ2n) is 5.84. The van der Waals surface area contributed by atoms with E-state index >= 15 is 0 Å². The zero-order chi connectivity index (χ0) is 18.0. The number of allylic oxidation sites excluding steroid dienone is 2. The molecule has 1 aliphatic heterocycles. The number of urea groups is 1. The minimum absolute atomic E-state index is 0.118. The molecule has 0 spiro atoms. The molecule has 0 radical (unpaired) electrons. The summed E-state index contributed by atoms with van der Waals surface area (Å²) in [6.07, 6.45) is 8.68. The van der Waals surface area contributed by atoms with Crippen LogP contribution in [0, 0.1) is 0 Å². The third kappa shape index (κ3) is 3.77. The van der Waals surface area contributed by atoms with Crippen LogP contribution < -0.4 is 10.2 Å². The molecule has 1 aromatic rings. The Balaban J connectivity index is 1.64. The first-order chi connectivity index (χ1) is 12.0. The Kier molecular flexibility index (Phi) is 5.24. The summed E-state index contributed by atoms with van der Waals surface area (Å²) in [4.78, 5) is 35.6. The highest BCUT2D eigenvalue weighted by atomic mass is 35.5. The fraction of sp³-hybridized carbons (Fsp3) is 0.375. The Morgan fingerprint density at radius 3 is 2.80 bits per heavy atom. The summed E-state index contributed by atoms with van der Waals surface area (Å²) >= 11 is 12.2. The Morgan fingerprint density at radius 2 is 2.12 bits per heavy atom. The number of amides is 3. The molecule has 25 heavy (non-hydrogen) atoms. The number of nitrogens with zero attached hydrogens (tertiary/aromatic N) is 4. The van der Waals surface area contributed by atoms with Crippen molar-refractivity contribution < 1.29 is 9.59 Å².